The van der Waals surface area contributed by atoms with Gasteiger partial charge in [0.05, 0.1) is 18.3 Å². The number of carbonyl (C=O) groups is 2. The number of fused-ring (bicyclic) bond motifs is 1. The van der Waals surface area contributed by atoms with E-state index in [-0.39, 0.29) is 31.2 Å². The van der Waals surface area contributed by atoms with Crippen molar-refractivity contribution in [1.82, 2.24) is 14.9 Å². The van der Waals surface area contributed by atoms with Crippen molar-refractivity contribution in [3.8, 4) is 10.4 Å². The highest BCUT2D eigenvalue weighted by atomic mass is 32.1. The van der Waals surface area contributed by atoms with Crippen LogP contribution in [0.5, 0.6) is 0 Å². The van der Waals surface area contributed by atoms with Crippen LogP contribution in [0.25, 0.3) is 20.7 Å². The van der Waals surface area contributed by atoms with Crippen LogP contribution in [0.4, 0.5) is 0 Å². The van der Waals surface area contributed by atoms with Gasteiger partial charge in [0.2, 0.25) is 5.91 Å². The van der Waals surface area contributed by atoms with Gasteiger partial charge in [-0.15, -0.1) is 22.7 Å². The van der Waals surface area contributed by atoms with E-state index < -0.39 is 5.97 Å². The highest BCUT2D eigenvalue weighted by Gasteiger charge is 2.15. The van der Waals surface area contributed by atoms with Crippen LogP contribution in [0.1, 0.15) is 17.5 Å². The lowest BCUT2D eigenvalue weighted by molar-refractivity contribution is -0.144. The first kappa shape index (κ1) is 22.9. The van der Waals surface area contributed by atoms with Crippen molar-refractivity contribution in [2.45, 2.75) is 26.3 Å². The second-order valence-electron chi connectivity index (χ2n) is 7.54. The lowest BCUT2D eigenvalue weighted by atomic mass is 10.1. The van der Waals surface area contributed by atoms with E-state index in [2.05, 4.69) is 10.3 Å². The summed E-state index contributed by atoms with van der Waals surface area (Å²) < 4.78 is 6.45. The fraction of sp³-hybridized carbons (Fsp3) is 0.250. The Morgan fingerprint density at radius 1 is 1.15 bits per heavy atom. The number of benzene rings is 1. The normalized spacial score (nSPS) is 10.9. The number of ether oxygens (including phenoxy) is 1. The molecule has 1 aromatic carbocycles. The Labute approximate surface area is 198 Å². The van der Waals surface area contributed by atoms with Crippen LogP contribution in [-0.2, 0) is 27.3 Å². The molecule has 0 radical (unpaired) electrons. The number of carbonyl (C=O) groups excluding carboxylic acids is 2. The van der Waals surface area contributed by atoms with Crippen LogP contribution < -0.4 is 10.9 Å². The van der Waals surface area contributed by atoms with E-state index >= 15 is 0 Å². The van der Waals surface area contributed by atoms with E-state index in [0.29, 0.717) is 23.1 Å². The zero-order valence-corrected chi connectivity index (χ0v) is 19.7. The molecule has 1 amide bonds. The maximum atomic E-state index is 12.9. The first-order chi connectivity index (χ1) is 16.0. The lowest BCUT2D eigenvalue weighted by Crippen LogP contribution is -2.30. The smallest absolute Gasteiger partial charge is 0.326 e. The molecule has 0 bridgehead atoms. The number of aryl methyl sites for hydroxylation is 2. The van der Waals surface area contributed by atoms with Gasteiger partial charge in [0.15, 0.2) is 0 Å². The number of aromatic nitrogens is 2. The highest BCUT2D eigenvalue weighted by Crippen LogP contribution is 2.33. The van der Waals surface area contributed by atoms with Gasteiger partial charge in [-0.1, -0.05) is 35.9 Å². The molecule has 170 valence electrons. The topological polar surface area (TPSA) is 90.3 Å². The molecule has 0 aliphatic rings. The minimum atomic E-state index is -0.556. The fourth-order valence-corrected chi connectivity index (χ4v) is 5.06. The highest BCUT2D eigenvalue weighted by molar-refractivity contribution is 7.18. The number of hydrogen-bond acceptors (Lipinski definition) is 7. The monoisotopic (exact) mass is 481 g/mol. The predicted octanol–water partition coefficient (Wildman–Crippen LogP) is 3.79. The molecule has 0 unspecified atom stereocenters. The largest absolute Gasteiger partial charge is 0.462 e. The average Bonchev–Trinajstić information content (AvgIpc) is 3.48. The third-order valence-corrected chi connectivity index (χ3v) is 6.88. The summed E-state index contributed by atoms with van der Waals surface area (Å²) in [7, 11) is 0. The van der Waals surface area contributed by atoms with Crippen LogP contribution in [0.3, 0.4) is 0 Å². The van der Waals surface area contributed by atoms with Gasteiger partial charge >= 0.3 is 5.97 Å². The van der Waals surface area contributed by atoms with E-state index in [0.717, 1.165) is 16.0 Å². The Morgan fingerprint density at radius 2 is 1.97 bits per heavy atom. The number of thiophene rings is 2. The molecule has 0 spiro atoms. The molecule has 0 saturated carbocycles. The quantitative estimate of drug-likeness (QED) is 0.290. The molecule has 0 atom stereocenters. The Balaban J connectivity index is 1.25. The Bertz CT molecular complexity index is 1310. The van der Waals surface area contributed by atoms with E-state index in [1.807, 2.05) is 54.1 Å². The van der Waals surface area contributed by atoms with Crippen molar-refractivity contribution in [1.29, 1.82) is 0 Å². The Kier molecular flexibility index (Phi) is 7.31. The minimum absolute atomic E-state index is 0.0401. The first-order valence-corrected chi connectivity index (χ1v) is 12.3. The molecule has 3 aromatic heterocycles. The summed E-state index contributed by atoms with van der Waals surface area (Å²) in [6.07, 6.45) is 2.39. The average molecular weight is 482 g/mol. The number of amides is 1. The number of rotatable bonds is 9. The van der Waals surface area contributed by atoms with E-state index in [1.54, 1.807) is 11.3 Å². The second kappa shape index (κ2) is 10.5. The summed E-state index contributed by atoms with van der Waals surface area (Å²) in [5.74, 6) is -0.656. The van der Waals surface area contributed by atoms with Crippen molar-refractivity contribution in [3.63, 3.8) is 0 Å². The number of esters is 1. The predicted molar refractivity (Wildman–Crippen MR) is 131 cm³/mol. The number of hydrogen-bond donors (Lipinski definition) is 1. The third-order valence-electron chi connectivity index (χ3n) is 5.10. The standard InChI is InChI=1S/C24H23N3O4S2/c1-16-4-6-17(7-5-16)8-9-20(28)25-10-11-31-21(29)13-27-15-26-23-22(24(27)30)18(14-33-23)19-3-2-12-32-19/h2-7,12,14-15H,8-11,13H2,1H3,(H,25,28). The summed E-state index contributed by atoms with van der Waals surface area (Å²) in [6.45, 7) is 2.05. The number of nitrogens with zero attached hydrogens (tertiary/aromatic N) is 2. The van der Waals surface area contributed by atoms with E-state index in [1.165, 1.54) is 27.8 Å². The summed E-state index contributed by atoms with van der Waals surface area (Å²) in [4.78, 5) is 43.1. The summed E-state index contributed by atoms with van der Waals surface area (Å²) in [6, 6.07) is 11.9. The summed E-state index contributed by atoms with van der Waals surface area (Å²) in [5, 5.41) is 7.12. The Morgan fingerprint density at radius 3 is 2.73 bits per heavy atom. The van der Waals surface area contributed by atoms with Gasteiger partial charge in [-0.3, -0.25) is 19.0 Å². The molecular weight excluding hydrogens is 458 g/mol. The molecule has 33 heavy (non-hydrogen) atoms. The van der Waals surface area contributed by atoms with Crippen LogP contribution >= 0.6 is 22.7 Å². The molecule has 0 saturated heterocycles. The SMILES string of the molecule is Cc1ccc(CCC(=O)NCCOC(=O)Cn2cnc3scc(-c4cccs4)c3c2=O)cc1. The molecule has 7 nitrogen and oxygen atoms in total. The minimum Gasteiger partial charge on any atom is -0.462 e. The maximum Gasteiger partial charge on any atom is 0.326 e. The van der Waals surface area contributed by atoms with Crippen LogP contribution in [0.15, 0.2) is 58.3 Å². The first-order valence-electron chi connectivity index (χ1n) is 10.5. The van der Waals surface area contributed by atoms with Gasteiger partial charge in [0, 0.05) is 22.2 Å². The molecule has 0 aliphatic heterocycles. The molecule has 0 aliphatic carbocycles. The zero-order chi connectivity index (χ0) is 23.2. The van der Waals surface area contributed by atoms with Crippen molar-refractivity contribution in [2.24, 2.45) is 0 Å². The maximum absolute atomic E-state index is 12.9. The molecule has 3 heterocycles. The van der Waals surface area contributed by atoms with Crippen molar-refractivity contribution in [2.75, 3.05) is 13.2 Å². The summed E-state index contributed by atoms with van der Waals surface area (Å²) >= 11 is 2.95. The van der Waals surface area contributed by atoms with Crippen molar-refractivity contribution >= 4 is 44.8 Å². The fourth-order valence-electron chi connectivity index (χ4n) is 3.33. The van der Waals surface area contributed by atoms with Gasteiger partial charge in [0.25, 0.3) is 5.56 Å². The number of nitrogens with one attached hydrogen (secondary N) is 1. The Hall–Kier alpha value is -3.30. The van der Waals surface area contributed by atoms with E-state index in [4.69, 9.17) is 4.74 Å². The molecule has 0 fully saturated rings. The van der Waals surface area contributed by atoms with E-state index in [9.17, 15) is 14.4 Å². The van der Waals surface area contributed by atoms with Gasteiger partial charge in [-0.2, -0.15) is 0 Å². The van der Waals surface area contributed by atoms with Crippen molar-refractivity contribution in [3.05, 3.63) is 75.0 Å². The summed E-state index contributed by atoms with van der Waals surface area (Å²) in [5.41, 5.74) is 2.84. The second-order valence-corrected chi connectivity index (χ2v) is 9.35. The van der Waals surface area contributed by atoms with Crippen LogP contribution in [0, 0.1) is 6.92 Å². The molecular formula is C24H23N3O4S2. The van der Waals surface area contributed by atoms with Gasteiger partial charge in [-0.05, 0) is 30.4 Å². The third kappa shape index (κ3) is 5.74. The van der Waals surface area contributed by atoms with Gasteiger partial charge in [0.1, 0.15) is 18.0 Å². The molecule has 9 heteroatoms. The van der Waals surface area contributed by atoms with Crippen LogP contribution in [-0.4, -0.2) is 34.6 Å². The zero-order valence-electron chi connectivity index (χ0n) is 18.1. The molecule has 4 rings (SSSR count). The van der Waals surface area contributed by atoms with Gasteiger partial charge < -0.3 is 10.1 Å². The molecule has 1 N–H and O–H groups in total. The lowest BCUT2D eigenvalue weighted by Gasteiger charge is -2.08. The van der Waals surface area contributed by atoms with Crippen molar-refractivity contribution < 1.29 is 14.3 Å². The molecule has 4 aromatic rings. The van der Waals surface area contributed by atoms with Crippen LogP contribution in [0.2, 0.25) is 0 Å². The van der Waals surface area contributed by atoms with Gasteiger partial charge in [-0.25, -0.2) is 4.98 Å².